The van der Waals surface area contributed by atoms with Crippen LogP contribution in [0.2, 0.25) is 0 Å². The monoisotopic (exact) mass is 285 g/mol. The molecular weight excluding hydrogens is 262 g/mol. The average Bonchev–Trinajstić information content (AvgIpc) is 2.93. The van der Waals surface area contributed by atoms with E-state index in [-0.39, 0.29) is 0 Å². The van der Waals surface area contributed by atoms with Gasteiger partial charge < -0.3 is 9.84 Å². The fourth-order valence-electron chi connectivity index (χ4n) is 2.89. The van der Waals surface area contributed by atoms with Crippen molar-refractivity contribution >= 4 is 0 Å². The standard InChI is InChI=1S/C17H23N3O/c1-14-11-17(19-21-14)12-18-16-7-9-20(10-8-16)13-15-5-3-2-4-6-15/h2-6,11,16,18H,7-10,12-13H2,1H3. The van der Waals surface area contributed by atoms with Crippen LogP contribution in [0.4, 0.5) is 0 Å². The lowest BCUT2D eigenvalue weighted by Gasteiger charge is -2.32. The van der Waals surface area contributed by atoms with Gasteiger partial charge in [0, 0.05) is 25.2 Å². The van der Waals surface area contributed by atoms with Gasteiger partial charge in [0.2, 0.25) is 0 Å². The lowest BCUT2D eigenvalue weighted by atomic mass is 10.0. The molecule has 1 aliphatic heterocycles. The molecule has 0 bridgehead atoms. The van der Waals surface area contributed by atoms with Gasteiger partial charge in [0.25, 0.3) is 0 Å². The summed E-state index contributed by atoms with van der Waals surface area (Å²) in [6.07, 6.45) is 2.40. The predicted molar refractivity (Wildman–Crippen MR) is 82.8 cm³/mol. The summed E-state index contributed by atoms with van der Waals surface area (Å²) < 4.78 is 5.09. The molecular formula is C17H23N3O. The maximum atomic E-state index is 5.09. The highest BCUT2D eigenvalue weighted by atomic mass is 16.5. The summed E-state index contributed by atoms with van der Waals surface area (Å²) >= 11 is 0. The second kappa shape index (κ2) is 6.87. The number of rotatable bonds is 5. The lowest BCUT2D eigenvalue weighted by Crippen LogP contribution is -2.41. The Bertz CT molecular complexity index is 544. The predicted octanol–water partition coefficient (Wildman–Crippen LogP) is 2.74. The first-order valence-electron chi connectivity index (χ1n) is 7.71. The van der Waals surface area contributed by atoms with Crippen LogP contribution in [0, 0.1) is 6.92 Å². The molecule has 1 aliphatic rings. The number of hydrogen-bond donors (Lipinski definition) is 1. The highest BCUT2D eigenvalue weighted by molar-refractivity contribution is 5.14. The van der Waals surface area contributed by atoms with Crippen molar-refractivity contribution in [2.24, 2.45) is 0 Å². The Kier molecular flexibility index (Phi) is 4.68. The molecule has 1 aromatic carbocycles. The molecule has 4 heteroatoms. The van der Waals surface area contributed by atoms with E-state index in [1.807, 2.05) is 13.0 Å². The molecule has 3 rings (SSSR count). The van der Waals surface area contributed by atoms with Gasteiger partial charge in [-0.15, -0.1) is 0 Å². The van der Waals surface area contributed by atoms with Gasteiger partial charge in [0.05, 0.1) is 5.69 Å². The van der Waals surface area contributed by atoms with Crippen molar-refractivity contribution in [3.63, 3.8) is 0 Å². The van der Waals surface area contributed by atoms with Crippen LogP contribution in [-0.2, 0) is 13.1 Å². The van der Waals surface area contributed by atoms with Crippen LogP contribution in [0.1, 0.15) is 29.9 Å². The lowest BCUT2D eigenvalue weighted by molar-refractivity contribution is 0.189. The summed E-state index contributed by atoms with van der Waals surface area (Å²) in [6.45, 7) is 6.12. The van der Waals surface area contributed by atoms with Crippen LogP contribution in [0.15, 0.2) is 40.9 Å². The number of aromatic nitrogens is 1. The van der Waals surface area contributed by atoms with Crippen LogP contribution in [-0.4, -0.2) is 29.2 Å². The van der Waals surface area contributed by atoms with E-state index in [0.29, 0.717) is 6.04 Å². The second-order valence-corrected chi connectivity index (χ2v) is 5.85. The molecule has 112 valence electrons. The van der Waals surface area contributed by atoms with Crippen molar-refractivity contribution in [2.45, 2.75) is 38.9 Å². The van der Waals surface area contributed by atoms with Gasteiger partial charge in [-0.25, -0.2) is 0 Å². The Hall–Kier alpha value is -1.65. The molecule has 2 aromatic rings. The summed E-state index contributed by atoms with van der Waals surface area (Å²) in [5.74, 6) is 0.879. The van der Waals surface area contributed by atoms with Crippen molar-refractivity contribution in [1.29, 1.82) is 0 Å². The molecule has 0 amide bonds. The fraction of sp³-hybridized carbons (Fsp3) is 0.471. The van der Waals surface area contributed by atoms with E-state index < -0.39 is 0 Å². The SMILES string of the molecule is Cc1cc(CNC2CCN(Cc3ccccc3)CC2)no1. The van der Waals surface area contributed by atoms with E-state index in [2.05, 4.69) is 45.7 Å². The van der Waals surface area contributed by atoms with E-state index in [4.69, 9.17) is 4.52 Å². The third-order valence-electron chi connectivity index (χ3n) is 4.09. The number of piperidine rings is 1. The largest absolute Gasteiger partial charge is 0.361 e. The van der Waals surface area contributed by atoms with Gasteiger partial charge in [-0.05, 0) is 38.4 Å². The Balaban J connectivity index is 1.40. The summed E-state index contributed by atoms with van der Waals surface area (Å²) in [6, 6.07) is 13.3. The van der Waals surface area contributed by atoms with Crippen molar-refractivity contribution < 1.29 is 4.52 Å². The van der Waals surface area contributed by atoms with Gasteiger partial charge in [-0.1, -0.05) is 35.5 Å². The molecule has 4 nitrogen and oxygen atoms in total. The summed E-state index contributed by atoms with van der Waals surface area (Å²) in [7, 11) is 0. The first-order chi connectivity index (χ1) is 10.3. The maximum Gasteiger partial charge on any atom is 0.133 e. The first-order valence-corrected chi connectivity index (χ1v) is 7.71. The molecule has 1 saturated heterocycles. The van der Waals surface area contributed by atoms with E-state index in [1.165, 1.54) is 18.4 Å². The Morgan fingerprint density at radius 1 is 1.24 bits per heavy atom. The minimum absolute atomic E-state index is 0.592. The molecule has 0 radical (unpaired) electrons. The summed E-state index contributed by atoms with van der Waals surface area (Å²) in [5, 5.41) is 7.61. The van der Waals surface area contributed by atoms with Crippen molar-refractivity contribution in [1.82, 2.24) is 15.4 Å². The van der Waals surface area contributed by atoms with Gasteiger partial charge in [-0.2, -0.15) is 0 Å². The molecule has 1 fully saturated rings. The zero-order chi connectivity index (χ0) is 14.5. The molecule has 0 aliphatic carbocycles. The molecule has 1 aromatic heterocycles. The highest BCUT2D eigenvalue weighted by Gasteiger charge is 2.19. The molecule has 0 saturated carbocycles. The van der Waals surface area contributed by atoms with Gasteiger partial charge in [-0.3, -0.25) is 4.90 Å². The number of benzene rings is 1. The Labute approximate surface area is 126 Å². The molecule has 0 unspecified atom stereocenters. The zero-order valence-corrected chi connectivity index (χ0v) is 12.6. The van der Waals surface area contributed by atoms with E-state index in [9.17, 15) is 0 Å². The van der Waals surface area contributed by atoms with Crippen LogP contribution in [0.5, 0.6) is 0 Å². The van der Waals surface area contributed by atoms with E-state index in [0.717, 1.165) is 37.6 Å². The number of hydrogen-bond acceptors (Lipinski definition) is 4. The van der Waals surface area contributed by atoms with E-state index >= 15 is 0 Å². The molecule has 0 spiro atoms. The maximum absolute atomic E-state index is 5.09. The average molecular weight is 285 g/mol. The van der Waals surface area contributed by atoms with Gasteiger partial charge in [0.15, 0.2) is 0 Å². The van der Waals surface area contributed by atoms with E-state index in [1.54, 1.807) is 0 Å². The molecule has 0 atom stereocenters. The topological polar surface area (TPSA) is 41.3 Å². The third-order valence-corrected chi connectivity index (χ3v) is 4.09. The summed E-state index contributed by atoms with van der Waals surface area (Å²) in [5.41, 5.74) is 2.40. The molecule has 21 heavy (non-hydrogen) atoms. The minimum Gasteiger partial charge on any atom is -0.361 e. The third kappa shape index (κ3) is 4.16. The summed E-state index contributed by atoms with van der Waals surface area (Å²) in [4.78, 5) is 2.54. The van der Waals surface area contributed by atoms with Crippen LogP contribution in [0.3, 0.4) is 0 Å². The smallest absolute Gasteiger partial charge is 0.133 e. The Morgan fingerprint density at radius 2 is 2.00 bits per heavy atom. The zero-order valence-electron chi connectivity index (χ0n) is 12.6. The van der Waals surface area contributed by atoms with Crippen molar-refractivity contribution in [3.8, 4) is 0 Å². The van der Waals surface area contributed by atoms with Gasteiger partial charge in [0.1, 0.15) is 5.76 Å². The van der Waals surface area contributed by atoms with Gasteiger partial charge >= 0.3 is 0 Å². The number of nitrogens with one attached hydrogen (secondary N) is 1. The normalized spacial score (nSPS) is 17.2. The fourth-order valence-corrected chi connectivity index (χ4v) is 2.89. The van der Waals surface area contributed by atoms with Crippen LogP contribution < -0.4 is 5.32 Å². The number of likely N-dealkylation sites (tertiary alicyclic amines) is 1. The Morgan fingerprint density at radius 3 is 2.67 bits per heavy atom. The second-order valence-electron chi connectivity index (χ2n) is 5.85. The molecule has 2 heterocycles. The highest BCUT2D eigenvalue weighted by Crippen LogP contribution is 2.14. The number of aryl methyl sites for hydroxylation is 1. The van der Waals surface area contributed by atoms with Crippen LogP contribution in [0.25, 0.3) is 0 Å². The quantitative estimate of drug-likeness (QED) is 0.917. The van der Waals surface area contributed by atoms with Crippen LogP contribution >= 0.6 is 0 Å². The number of nitrogens with zero attached hydrogens (tertiary/aromatic N) is 2. The van der Waals surface area contributed by atoms with Crippen molar-refractivity contribution in [2.75, 3.05) is 13.1 Å². The van der Waals surface area contributed by atoms with Crippen molar-refractivity contribution in [3.05, 3.63) is 53.4 Å². The first kappa shape index (κ1) is 14.3. The minimum atomic E-state index is 0.592. The molecule has 1 N–H and O–H groups in total.